The van der Waals surface area contributed by atoms with Crippen LogP contribution in [0.25, 0.3) is 0 Å². The summed E-state index contributed by atoms with van der Waals surface area (Å²) in [5.74, 6) is -0.367. The zero-order chi connectivity index (χ0) is 14.7. The fraction of sp³-hybridized carbons (Fsp3) is 0.214. The fourth-order valence-corrected chi connectivity index (χ4v) is 2.04. The number of carbonyl (C=O) groups excluding carboxylic acids is 1. The lowest BCUT2D eigenvalue weighted by molar-refractivity contribution is 0.0939. The molecule has 0 spiro atoms. The molecular weight excluding hydrogens is 262 g/mol. The van der Waals surface area contributed by atoms with Crippen LogP contribution in [0.3, 0.4) is 0 Å². The maximum absolute atomic E-state index is 12.1. The maximum atomic E-state index is 12.1. The second kappa shape index (κ2) is 5.80. The van der Waals surface area contributed by atoms with Crippen molar-refractivity contribution in [2.45, 2.75) is 19.9 Å². The molecule has 1 unspecified atom stereocenters. The molecule has 2 rings (SSSR count). The number of pyridine rings is 2. The Balaban J connectivity index is 2.17. The average Bonchev–Trinajstić information content (AvgIpc) is 2.38. The molecular formula is C14H14ClN3O. The van der Waals surface area contributed by atoms with E-state index in [2.05, 4.69) is 15.3 Å². The third kappa shape index (κ3) is 3.29. The smallest absolute Gasteiger partial charge is 0.253 e. The third-order valence-electron chi connectivity index (χ3n) is 2.62. The van der Waals surface area contributed by atoms with Gasteiger partial charge in [0.25, 0.3) is 5.91 Å². The molecule has 19 heavy (non-hydrogen) atoms. The van der Waals surface area contributed by atoms with Crippen LogP contribution in [0.2, 0.25) is 5.02 Å². The average molecular weight is 278 g/mol. The van der Waals surface area contributed by atoms with Crippen LogP contribution in [0, 0.1) is 6.92 Å². The van der Waals surface area contributed by atoms with Gasteiger partial charge >= 0.3 is 0 Å². The molecule has 98 valence electrons. The van der Waals surface area contributed by atoms with Gasteiger partial charge in [0.05, 0.1) is 23.7 Å². The van der Waals surface area contributed by atoms with Crippen LogP contribution >= 0.6 is 11.6 Å². The Labute approximate surface area is 118 Å². The molecule has 2 aromatic heterocycles. The standard InChI is InChI=1S/C14H14ClN3O/c1-9-6-12(15)13(17-7-9)10(2)18-14(19)11-4-3-5-16-8-11/h3-8,10H,1-2H3,(H,18,19)/i8T. The molecule has 0 saturated carbocycles. The van der Waals surface area contributed by atoms with Gasteiger partial charge < -0.3 is 5.32 Å². The van der Waals surface area contributed by atoms with Crippen LogP contribution in [-0.4, -0.2) is 15.9 Å². The topological polar surface area (TPSA) is 54.9 Å². The molecule has 5 heteroatoms. The van der Waals surface area contributed by atoms with Crippen molar-refractivity contribution in [3.05, 3.63) is 58.6 Å². The van der Waals surface area contributed by atoms with Crippen molar-refractivity contribution in [2.24, 2.45) is 0 Å². The van der Waals surface area contributed by atoms with Crippen molar-refractivity contribution in [2.75, 3.05) is 0 Å². The van der Waals surface area contributed by atoms with E-state index in [1.165, 1.54) is 6.20 Å². The number of nitrogens with one attached hydrogen (secondary N) is 1. The number of carbonyl (C=O) groups is 1. The normalized spacial score (nSPS) is 12.7. The first-order valence-electron chi connectivity index (χ1n) is 6.33. The van der Waals surface area contributed by atoms with Gasteiger partial charge in [0.1, 0.15) is 0 Å². The van der Waals surface area contributed by atoms with Gasteiger partial charge in [0, 0.05) is 18.6 Å². The predicted octanol–water partition coefficient (Wildman–Crippen LogP) is 2.93. The summed E-state index contributed by atoms with van der Waals surface area (Å²) in [6.07, 6.45) is 3.12. The summed E-state index contributed by atoms with van der Waals surface area (Å²) in [7, 11) is 0. The molecule has 2 heterocycles. The molecule has 0 bridgehead atoms. The summed E-state index contributed by atoms with van der Waals surface area (Å²) in [6, 6.07) is 4.62. The van der Waals surface area contributed by atoms with Gasteiger partial charge in [0.15, 0.2) is 0 Å². The van der Waals surface area contributed by atoms with Crippen molar-refractivity contribution in [3.63, 3.8) is 0 Å². The molecule has 0 fully saturated rings. The third-order valence-corrected chi connectivity index (χ3v) is 2.92. The number of aromatic nitrogens is 2. The SMILES string of the molecule is [3H]c1ncccc1C(=O)NC(C)c1ncc(C)cc1Cl. The Morgan fingerprint density at radius 3 is 3.05 bits per heavy atom. The minimum Gasteiger partial charge on any atom is -0.344 e. The highest BCUT2D eigenvalue weighted by molar-refractivity contribution is 6.31. The largest absolute Gasteiger partial charge is 0.344 e. The number of nitrogens with zero attached hydrogens (tertiary/aromatic N) is 2. The summed E-state index contributed by atoms with van der Waals surface area (Å²) >= 11 is 6.12. The Hall–Kier alpha value is -1.94. The van der Waals surface area contributed by atoms with Gasteiger partial charge in [-0.2, -0.15) is 0 Å². The van der Waals surface area contributed by atoms with Gasteiger partial charge in [-0.15, -0.1) is 0 Å². The zero-order valence-corrected chi connectivity index (χ0v) is 11.4. The number of aryl methyl sites for hydroxylation is 1. The molecule has 0 radical (unpaired) electrons. The van der Waals surface area contributed by atoms with Crippen LogP contribution in [0.15, 0.2) is 36.8 Å². The highest BCUT2D eigenvalue weighted by Gasteiger charge is 2.15. The summed E-state index contributed by atoms with van der Waals surface area (Å²) in [5.41, 5.74) is 1.78. The number of halogens is 1. The number of hydrogen-bond acceptors (Lipinski definition) is 3. The Morgan fingerprint density at radius 2 is 2.37 bits per heavy atom. The molecule has 2 aromatic rings. The molecule has 4 nitrogen and oxygen atoms in total. The minimum atomic E-state index is -0.367. The molecule has 1 amide bonds. The lowest BCUT2D eigenvalue weighted by Crippen LogP contribution is -2.27. The zero-order valence-electron chi connectivity index (χ0n) is 11.6. The van der Waals surface area contributed by atoms with Gasteiger partial charge in [-0.3, -0.25) is 14.8 Å². The second-order valence-corrected chi connectivity index (χ2v) is 4.64. The molecule has 0 aliphatic rings. The van der Waals surface area contributed by atoms with Gasteiger partial charge in [0.2, 0.25) is 0 Å². The van der Waals surface area contributed by atoms with E-state index in [-0.39, 0.29) is 23.7 Å². The summed E-state index contributed by atoms with van der Waals surface area (Å²) in [6.45, 7) is 3.69. The Bertz CT molecular complexity index is 648. The first kappa shape index (κ1) is 12.1. The van der Waals surface area contributed by atoms with Crippen molar-refractivity contribution in [1.29, 1.82) is 0 Å². The molecule has 0 aliphatic heterocycles. The van der Waals surface area contributed by atoms with E-state index in [0.717, 1.165) is 5.56 Å². The van der Waals surface area contributed by atoms with E-state index in [1.54, 1.807) is 31.3 Å². The van der Waals surface area contributed by atoms with Crippen molar-refractivity contribution >= 4 is 17.5 Å². The Morgan fingerprint density at radius 1 is 1.58 bits per heavy atom. The lowest BCUT2D eigenvalue weighted by atomic mass is 10.1. The van der Waals surface area contributed by atoms with Crippen molar-refractivity contribution in [1.82, 2.24) is 15.3 Å². The Kier molecular flexibility index (Phi) is 3.70. The van der Waals surface area contributed by atoms with E-state index in [4.69, 9.17) is 13.0 Å². The summed E-state index contributed by atoms with van der Waals surface area (Å²) in [5, 5.41) is 3.28. The molecule has 0 aromatic carbocycles. The van der Waals surface area contributed by atoms with E-state index < -0.39 is 0 Å². The van der Waals surface area contributed by atoms with E-state index in [9.17, 15) is 4.79 Å². The van der Waals surface area contributed by atoms with Crippen LogP contribution in [-0.2, 0) is 0 Å². The van der Waals surface area contributed by atoms with Crippen LogP contribution in [0.5, 0.6) is 0 Å². The first-order chi connectivity index (χ1) is 9.49. The first-order valence-corrected chi connectivity index (χ1v) is 6.21. The lowest BCUT2D eigenvalue weighted by Gasteiger charge is -2.15. The molecule has 1 atom stereocenters. The quantitative estimate of drug-likeness (QED) is 0.938. The maximum Gasteiger partial charge on any atom is 0.253 e. The molecule has 0 aliphatic carbocycles. The van der Waals surface area contributed by atoms with Gasteiger partial charge in [-0.1, -0.05) is 11.6 Å². The summed E-state index contributed by atoms with van der Waals surface area (Å²) in [4.78, 5) is 20.1. The van der Waals surface area contributed by atoms with Crippen LogP contribution in [0.4, 0.5) is 0 Å². The second-order valence-electron chi connectivity index (χ2n) is 4.24. The van der Waals surface area contributed by atoms with Crippen LogP contribution in [0.1, 0.15) is 36.0 Å². The highest BCUT2D eigenvalue weighted by Crippen LogP contribution is 2.21. The minimum absolute atomic E-state index is 0.0554. The molecule has 0 saturated heterocycles. The summed E-state index contributed by atoms with van der Waals surface area (Å²) < 4.78 is 7.61. The van der Waals surface area contributed by atoms with Crippen molar-refractivity contribution in [3.8, 4) is 0 Å². The number of rotatable bonds is 3. The van der Waals surface area contributed by atoms with E-state index >= 15 is 0 Å². The van der Waals surface area contributed by atoms with Gasteiger partial charge in [-0.05, 0) is 37.6 Å². The van der Waals surface area contributed by atoms with E-state index in [0.29, 0.717) is 10.7 Å². The monoisotopic (exact) mass is 277 g/mol. The predicted molar refractivity (Wildman–Crippen MR) is 74.1 cm³/mol. The number of amides is 1. The van der Waals surface area contributed by atoms with Gasteiger partial charge in [-0.25, -0.2) is 0 Å². The van der Waals surface area contributed by atoms with Crippen molar-refractivity contribution < 1.29 is 6.17 Å². The van der Waals surface area contributed by atoms with Crippen LogP contribution < -0.4 is 5.32 Å². The number of hydrogen-bond donors (Lipinski definition) is 1. The molecule has 1 N–H and O–H groups in total. The fourth-order valence-electron chi connectivity index (χ4n) is 1.66. The highest BCUT2D eigenvalue weighted by atomic mass is 35.5. The van der Waals surface area contributed by atoms with E-state index in [1.807, 2.05) is 6.92 Å².